The van der Waals surface area contributed by atoms with E-state index in [1.807, 2.05) is 13.8 Å². The summed E-state index contributed by atoms with van der Waals surface area (Å²) in [6.07, 6.45) is 0.477. The average molecular weight is 144 g/mol. The van der Waals surface area contributed by atoms with Crippen LogP contribution in [0.3, 0.4) is 0 Å². The molecule has 0 aliphatic carbocycles. The smallest absolute Gasteiger partial charge is 0.109 e. The molecule has 0 amide bonds. The van der Waals surface area contributed by atoms with Crippen LogP contribution in [0.15, 0.2) is 12.2 Å². The molecule has 0 unspecified atom stereocenters. The summed E-state index contributed by atoms with van der Waals surface area (Å²) < 4.78 is 12.9. The van der Waals surface area contributed by atoms with Gasteiger partial charge >= 0.3 is 0 Å². The maximum absolute atomic E-state index is 12.9. The summed E-state index contributed by atoms with van der Waals surface area (Å²) in [5, 5.41) is 0. The van der Waals surface area contributed by atoms with Gasteiger partial charge < -0.3 is 0 Å². The first-order valence-corrected chi connectivity index (χ1v) is 3.69. The molecule has 0 aliphatic rings. The van der Waals surface area contributed by atoms with Crippen molar-refractivity contribution in [2.45, 2.75) is 39.8 Å². The lowest BCUT2D eigenvalue weighted by Crippen LogP contribution is -2.14. The maximum atomic E-state index is 12.9. The van der Waals surface area contributed by atoms with Gasteiger partial charge in [0.05, 0.1) is 0 Å². The van der Waals surface area contributed by atoms with E-state index in [-0.39, 0.29) is 0 Å². The van der Waals surface area contributed by atoms with Crippen molar-refractivity contribution in [3.05, 3.63) is 12.2 Å². The zero-order valence-electron chi connectivity index (χ0n) is 7.37. The Balaban J connectivity index is 3.81. The lowest BCUT2D eigenvalue weighted by atomic mass is 9.94. The molecule has 0 aliphatic heterocycles. The molecular formula is C9H17F. The van der Waals surface area contributed by atoms with E-state index in [1.54, 1.807) is 13.8 Å². The predicted octanol–water partition coefficient (Wildman–Crippen LogP) is 3.34. The lowest BCUT2D eigenvalue weighted by Gasteiger charge is -2.17. The molecule has 0 aromatic carbocycles. The van der Waals surface area contributed by atoms with E-state index in [4.69, 9.17) is 0 Å². The van der Waals surface area contributed by atoms with Gasteiger partial charge in [0.2, 0.25) is 0 Å². The highest BCUT2D eigenvalue weighted by Crippen LogP contribution is 2.23. The highest BCUT2D eigenvalue weighted by atomic mass is 19.1. The van der Waals surface area contributed by atoms with E-state index in [1.165, 1.54) is 0 Å². The summed E-state index contributed by atoms with van der Waals surface area (Å²) >= 11 is 0. The fraction of sp³-hybridized carbons (Fsp3) is 0.778. The molecule has 0 saturated carbocycles. The number of hydrogen-bond donors (Lipinski definition) is 0. The molecule has 0 nitrogen and oxygen atoms in total. The Morgan fingerprint density at radius 3 is 2.00 bits per heavy atom. The normalized spacial score (nSPS) is 12.2. The Bertz CT molecular complexity index is 117. The number of halogens is 1. The van der Waals surface area contributed by atoms with Crippen LogP contribution in [-0.4, -0.2) is 5.67 Å². The predicted molar refractivity (Wildman–Crippen MR) is 43.8 cm³/mol. The molecule has 0 radical (unpaired) electrons. The molecule has 0 N–H and O–H groups in total. The highest BCUT2D eigenvalue weighted by molar-refractivity contribution is 5.01. The zero-order chi connectivity index (χ0) is 8.36. The van der Waals surface area contributed by atoms with Gasteiger partial charge in [0, 0.05) is 6.42 Å². The van der Waals surface area contributed by atoms with Crippen molar-refractivity contribution in [2.24, 2.45) is 5.92 Å². The van der Waals surface area contributed by atoms with E-state index in [9.17, 15) is 4.39 Å². The summed E-state index contributed by atoms with van der Waals surface area (Å²) in [6, 6.07) is 0. The molecule has 1 heteroatoms. The van der Waals surface area contributed by atoms with Crippen molar-refractivity contribution in [1.29, 1.82) is 0 Å². The number of rotatable bonds is 3. The number of alkyl halides is 1. The molecule has 0 aromatic rings. The van der Waals surface area contributed by atoms with Gasteiger partial charge in [-0.2, -0.15) is 0 Å². The second kappa shape index (κ2) is 3.18. The van der Waals surface area contributed by atoms with Gasteiger partial charge in [-0.05, 0) is 19.8 Å². The third-order valence-corrected chi connectivity index (χ3v) is 1.46. The second-order valence-corrected chi connectivity index (χ2v) is 3.71. The maximum Gasteiger partial charge on any atom is 0.109 e. The minimum Gasteiger partial charge on any atom is -0.244 e. The van der Waals surface area contributed by atoms with Crippen LogP contribution < -0.4 is 0 Å². The van der Waals surface area contributed by atoms with Crippen LogP contribution in [-0.2, 0) is 0 Å². The summed E-state index contributed by atoms with van der Waals surface area (Å²) in [4.78, 5) is 0. The van der Waals surface area contributed by atoms with Crippen molar-refractivity contribution in [3.63, 3.8) is 0 Å². The zero-order valence-corrected chi connectivity index (χ0v) is 7.37. The van der Waals surface area contributed by atoms with Crippen LogP contribution in [0.4, 0.5) is 4.39 Å². The first-order chi connectivity index (χ1) is 4.33. The van der Waals surface area contributed by atoms with Gasteiger partial charge in [-0.15, -0.1) is 0 Å². The monoisotopic (exact) mass is 144 g/mol. The van der Waals surface area contributed by atoms with Crippen LogP contribution in [0.1, 0.15) is 34.1 Å². The molecule has 0 aromatic heterocycles. The lowest BCUT2D eigenvalue weighted by molar-refractivity contribution is 0.212. The first-order valence-electron chi connectivity index (χ1n) is 3.69. The van der Waals surface area contributed by atoms with Crippen LogP contribution >= 0.6 is 0 Å². The SMILES string of the molecule is C=C(CC(C)(C)F)C(C)C. The molecule has 0 spiro atoms. The van der Waals surface area contributed by atoms with E-state index in [0.717, 1.165) is 5.57 Å². The summed E-state index contributed by atoms with van der Waals surface area (Å²) in [5.74, 6) is 0.398. The standard InChI is InChI=1S/C9H17F/c1-7(2)8(3)6-9(4,5)10/h7H,3,6H2,1-2,4-5H3. The Labute approximate surface area is 63.1 Å². The fourth-order valence-electron chi connectivity index (χ4n) is 0.744. The molecular weight excluding hydrogens is 127 g/mol. The number of allylic oxidation sites excluding steroid dienone is 1. The molecule has 10 heavy (non-hydrogen) atoms. The average Bonchev–Trinajstić information content (AvgIpc) is 1.60. The van der Waals surface area contributed by atoms with Gasteiger partial charge in [0.25, 0.3) is 0 Å². The van der Waals surface area contributed by atoms with E-state index in [0.29, 0.717) is 12.3 Å². The fourth-order valence-corrected chi connectivity index (χ4v) is 0.744. The van der Waals surface area contributed by atoms with E-state index >= 15 is 0 Å². The summed E-state index contributed by atoms with van der Waals surface area (Å²) in [7, 11) is 0. The Morgan fingerprint density at radius 1 is 1.50 bits per heavy atom. The summed E-state index contributed by atoms with van der Waals surface area (Å²) in [6.45, 7) is 11.0. The molecule has 0 rings (SSSR count). The van der Waals surface area contributed by atoms with Crippen LogP contribution in [0.25, 0.3) is 0 Å². The minimum atomic E-state index is -1.10. The Hall–Kier alpha value is -0.330. The Kier molecular flexibility index (Phi) is 3.07. The molecule has 0 fully saturated rings. The molecule has 0 atom stereocenters. The third kappa shape index (κ3) is 4.54. The largest absolute Gasteiger partial charge is 0.244 e. The Morgan fingerprint density at radius 2 is 1.90 bits per heavy atom. The molecule has 60 valence electrons. The first kappa shape index (κ1) is 9.67. The van der Waals surface area contributed by atoms with Gasteiger partial charge in [-0.3, -0.25) is 0 Å². The van der Waals surface area contributed by atoms with Crippen molar-refractivity contribution in [2.75, 3.05) is 0 Å². The van der Waals surface area contributed by atoms with Crippen molar-refractivity contribution >= 4 is 0 Å². The second-order valence-electron chi connectivity index (χ2n) is 3.71. The van der Waals surface area contributed by atoms with Crippen molar-refractivity contribution < 1.29 is 4.39 Å². The minimum absolute atomic E-state index is 0.398. The van der Waals surface area contributed by atoms with Gasteiger partial charge in [-0.25, -0.2) is 4.39 Å². The quantitative estimate of drug-likeness (QED) is 0.533. The van der Waals surface area contributed by atoms with Gasteiger partial charge in [0.15, 0.2) is 0 Å². The molecule has 0 saturated heterocycles. The van der Waals surface area contributed by atoms with Crippen molar-refractivity contribution in [3.8, 4) is 0 Å². The van der Waals surface area contributed by atoms with Crippen LogP contribution in [0, 0.1) is 5.92 Å². The molecule has 0 bridgehead atoms. The van der Waals surface area contributed by atoms with E-state index in [2.05, 4.69) is 6.58 Å². The topological polar surface area (TPSA) is 0 Å². The van der Waals surface area contributed by atoms with Gasteiger partial charge in [0.1, 0.15) is 5.67 Å². The van der Waals surface area contributed by atoms with Crippen molar-refractivity contribution in [1.82, 2.24) is 0 Å². The third-order valence-electron chi connectivity index (χ3n) is 1.46. The highest BCUT2D eigenvalue weighted by Gasteiger charge is 2.17. The van der Waals surface area contributed by atoms with E-state index < -0.39 is 5.67 Å². The number of hydrogen-bond acceptors (Lipinski definition) is 0. The summed E-state index contributed by atoms with van der Waals surface area (Å²) in [5.41, 5.74) is -0.103. The van der Waals surface area contributed by atoms with Crippen LogP contribution in [0.5, 0.6) is 0 Å². The molecule has 0 heterocycles. The van der Waals surface area contributed by atoms with Gasteiger partial charge in [-0.1, -0.05) is 26.0 Å². The van der Waals surface area contributed by atoms with Crippen LogP contribution in [0.2, 0.25) is 0 Å².